The smallest absolute Gasteiger partial charge is 0.345 e. The lowest BCUT2D eigenvalue weighted by atomic mass is 9.95. The minimum Gasteiger partial charge on any atom is -0.497 e. The van der Waals surface area contributed by atoms with Crippen LogP contribution in [-0.4, -0.2) is 52.0 Å². The molecule has 2 aliphatic rings. The van der Waals surface area contributed by atoms with E-state index in [0.29, 0.717) is 24.6 Å². The molecule has 0 radical (unpaired) electrons. The highest BCUT2D eigenvalue weighted by Gasteiger charge is 2.31. The van der Waals surface area contributed by atoms with E-state index in [4.69, 9.17) is 9.47 Å². The van der Waals surface area contributed by atoms with Gasteiger partial charge in [-0.05, 0) is 37.8 Å². The summed E-state index contributed by atoms with van der Waals surface area (Å²) < 4.78 is 14.2. The van der Waals surface area contributed by atoms with Crippen molar-refractivity contribution in [2.75, 3.05) is 26.8 Å². The van der Waals surface area contributed by atoms with Crippen LogP contribution in [0.5, 0.6) is 11.5 Å². The fraction of sp³-hybridized carbons (Fsp3) is 0.591. The number of likely N-dealkylation sites (tertiary alicyclic amines) is 1. The molecule has 2 fully saturated rings. The molecule has 0 spiro atoms. The van der Waals surface area contributed by atoms with Gasteiger partial charge in [-0.25, -0.2) is 9.48 Å². The number of nitrogens with zero attached hydrogens (tertiary/aromatic N) is 4. The third-order valence-electron chi connectivity index (χ3n) is 6.29. The second-order valence-corrected chi connectivity index (χ2v) is 8.20. The maximum Gasteiger partial charge on any atom is 0.345 e. The van der Waals surface area contributed by atoms with Crippen LogP contribution in [-0.2, 0) is 11.8 Å². The van der Waals surface area contributed by atoms with E-state index in [-0.39, 0.29) is 30.2 Å². The molecular formula is C22H30N4O4. The van der Waals surface area contributed by atoms with Crippen molar-refractivity contribution in [3.63, 3.8) is 0 Å². The fourth-order valence-corrected chi connectivity index (χ4v) is 4.60. The van der Waals surface area contributed by atoms with E-state index in [1.165, 1.54) is 17.5 Å². The second kappa shape index (κ2) is 8.93. The quantitative estimate of drug-likeness (QED) is 0.726. The zero-order chi connectivity index (χ0) is 21.1. The molecule has 1 aromatic carbocycles. The van der Waals surface area contributed by atoms with Crippen LogP contribution in [0.25, 0.3) is 0 Å². The van der Waals surface area contributed by atoms with Crippen LogP contribution in [0.3, 0.4) is 0 Å². The summed E-state index contributed by atoms with van der Waals surface area (Å²) in [5, 5.41) is 4.57. The molecule has 0 atom stereocenters. The van der Waals surface area contributed by atoms with Gasteiger partial charge in [-0.2, -0.15) is 5.10 Å². The maximum absolute atomic E-state index is 12.6. The highest BCUT2D eigenvalue weighted by molar-refractivity contribution is 5.77. The first-order valence-electron chi connectivity index (χ1n) is 10.8. The van der Waals surface area contributed by atoms with Gasteiger partial charge >= 0.3 is 5.69 Å². The van der Waals surface area contributed by atoms with Crippen molar-refractivity contribution in [1.82, 2.24) is 19.2 Å². The number of hydrogen-bond acceptors (Lipinski definition) is 5. The molecule has 1 aliphatic heterocycles. The molecule has 8 nitrogen and oxygen atoms in total. The molecule has 8 heteroatoms. The van der Waals surface area contributed by atoms with Gasteiger partial charge < -0.3 is 14.4 Å². The molecule has 1 aromatic heterocycles. The van der Waals surface area contributed by atoms with Crippen molar-refractivity contribution in [2.45, 2.75) is 50.5 Å². The molecule has 0 N–H and O–H groups in total. The van der Waals surface area contributed by atoms with Crippen molar-refractivity contribution in [3.8, 4) is 11.5 Å². The zero-order valence-corrected chi connectivity index (χ0v) is 17.7. The molecule has 1 saturated carbocycles. The molecular weight excluding hydrogens is 384 g/mol. The van der Waals surface area contributed by atoms with Gasteiger partial charge in [-0.15, -0.1) is 0 Å². The summed E-state index contributed by atoms with van der Waals surface area (Å²) in [4.78, 5) is 27.1. The summed E-state index contributed by atoms with van der Waals surface area (Å²) >= 11 is 0. The fourth-order valence-electron chi connectivity index (χ4n) is 4.60. The number of carbonyl (C=O) groups excluding carboxylic acids is 1. The van der Waals surface area contributed by atoms with E-state index in [0.717, 1.165) is 31.5 Å². The number of carbonyl (C=O) groups is 1. The van der Waals surface area contributed by atoms with E-state index in [9.17, 15) is 9.59 Å². The maximum atomic E-state index is 12.6. The number of hydrogen-bond donors (Lipinski definition) is 0. The monoisotopic (exact) mass is 414 g/mol. The molecule has 162 valence electrons. The van der Waals surface area contributed by atoms with E-state index < -0.39 is 0 Å². The Labute approximate surface area is 176 Å². The van der Waals surface area contributed by atoms with Gasteiger partial charge in [0.1, 0.15) is 17.3 Å². The molecule has 0 unspecified atom stereocenters. The minimum atomic E-state index is -0.0227. The average molecular weight is 415 g/mol. The number of amides is 1. The van der Waals surface area contributed by atoms with Crippen molar-refractivity contribution in [1.29, 1.82) is 0 Å². The summed E-state index contributed by atoms with van der Waals surface area (Å²) in [6.07, 6.45) is 6.08. The Bertz CT molecular complexity index is 937. The van der Waals surface area contributed by atoms with Crippen molar-refractivity contribution < 1.29 is 14.3 Å². The summed E-state index contributed by atoms with van der Waals surface area (Å²) in [6.45, 7) is 1.31. The predicted molar refractivity (Wildman–Crippen MR) is 112 cm³/mol. The van der Waals surface area contributed by atoms with E-state index >= 15 is 0 Å². The third kappa shape index (κ3) is 4.22. The highest BCUT2D eigenvalue weighted by atomic mass is 16.5. The van der Waals surface area contributed by atoms with Crippen LogP contribution in [0, 0.1) is 0 Å². The SMILES string of the molecule is COc1cccc(OCC(=O)N2CCC(c3nn(C)c(=O)n3C3CCCC3)CC2)c1. The van der Waals surface area contributed by atoms with E-state index in [1.54, 1.807) is 20.2 Å². The van der Waals surface area contributed by atoms with Crippen LogP contribution >= 0.6 is 0 Å². The van der Waals surface area contributed by atoms with Gasteiger partial charge in [0.15, 0.2) is 6.61 Å². The van der Waals surface area contributed by atoms with Crippen molar-refractivity contribution in [3.05, 3.63) is 40.6 Å². The largest absolute Gasteiger partial charge is 0.497 e. The van der Waals surface area contributed by atoms with Gasteiger partial charge in [0.25, 0.3) is 5.91 Å². The minimum absolute atomic E-state index is 0.00814. The van der Waals surface area contributed by atoms with Crippen LogP contribution in [0.4, 0.5) is 0 Å². The Morgan fingerprint density at radius 1 is 1.13 bits per heavy atom. The molecule has 1 saturated heterocycles. The van der Waals surface area contributed by atoms with E-state index in [2.05, 4.69) is 5.10 Å². The van der Waals surface area contributed by atoms with Gasteiger partial charge in [-0.3, -0.25) is 9.36 Å². The first kappa shape index (κ1) is 20.5. The molecule has 2 aromatic rings. The average Bonchev–Trinajstić information content (AvgIpc) is 3.40. The number of piperidine rings is 1. The Balaban J connectivity index is 1.35. The molecule has 0 bridgehead atoms. The topological polar surface area (TPSA) is 78.6 Å². The Morgan fingerprint density at radius 3 is 2.53 bits per heavy atom. The molecule has 30 heavy (non-hydrogen) atoms. The van der Waals surface area contributed by atoms with Gasteiger partial charge in [-0.1, -0.05) is 18.9 Å². The van der Waals surface area contributed by atoms with Gasteiger partial charge in [0, 0.05) is 38.2 Å². The van der Waals surface area contributed by atoms with Gasteiger partial charge in [0.05, 0.1) is 7.11 Å². The normalized spacial score (nSPS) is 18.0. The van der Waals surface area contributed by atoms with Gasteiger partial charge in [0.2, 0.25) is 0 Å². The zero-order valence-electron chi connectivity index (χ0n) is 17.7. The molecule has 1 aliphatic carbocycles. The summed E-state index contributed by atoms with van der Waals surface area (Å²) in [5.41, 5.74) is -0.0119. The Kier molecular flexibility index (Phi) is 6.11. The molecule has 2 heterocycles. The number of aromatic nitrogens is 3. The first-order chi connectivity index (χ1) is 14.6. The Morgan fingerprint density at radius 2 is 1.83 bits per heavy atom. The number of benzene rings is 1. The summed E-state index contributed by atoms with van der Waals surface area (Å²) in [6, 6.07) is 7.52. The standard InChI is InChI=1S/C22H30N4O4/c1-24-22(28)26(17-6-3-4-7-17)21(23-24)16-10-12-25(13-11-16)20(27)15-30-19-9-5-8-18(14-19)29-2/h5,8-9,14,16-17H,3-4,6-7,10-13,15H2,1-2H3. The predicted octanol–water partition coefficient (Wildman–Crippen LogP) is 2.49. The lowest BCUT2D eigenvalue weighted by molar-refractivity contribution is -0.134. The summed E-state index contributed by atoms with van der Waals surface area (Å²) in [5.74, 6) is 2.40. The summed E-state index contributed by atoms with van der Waals surface area (Å²) in [7, 11) is 3.33. The third-order valence-corrected chi connectivity index (χ3v) is 6.29. The Hall–Kier alpha value is -2.77. The second-order valence-electron chi connectivity index (χ2n) is 8.20. The number of ether oxygens (including phenoxy) is 2. The van der Waals surface area contributed by atoms with Crippen LogP contribution in [0.1, 0.15) is 56.3 Å². The van der Waals surface area contributed by atoms with Crippen LogP contribution < -0.4 is 15.2 Å². The number of rotatable bonds is 6. The lowest BCUT2D eigenvalue weighted by Gasteiger charge is -2.32. The van der Waals surface area contributed by atoms with Crippen molar-refractivity contribution in [2.24, 2.45) is 7.05 Å². The molecule has 1 amide bonds. The van der Waals surface area contributed by atoms with E-state index in [1.807, 2.05) is 27.7 Å². The van der Waals surface area contributed by atoms with Crippen LogP contribution in [0.15, 0.2) is 29.1 Å². The number of aryl methyl sites for hydroxylation is 1. The highest BCUT2D eigenvalue weighted by Crippen LogP contribution is 2.33. The first-order valence-corrected chi connectivity index (χ1v) is 10.8. The number of methoxy groups -OCH3 is 1. The lowest BCUT2D eigenvalue weighted by Crippen LogP contribution is -2.41. The van der Waals surface area contributed by atoms with Crippen LogP contribution in [0.2, 0.25) is 0 Å². The molecule has 4 rings (SSSR count). The van der Waals surface area contributed by atoms with Crippen molar-refractivity contribution >= 4 is 5.91 Å².